The average molecular weight is 1090 g/mol. The quantitative estimate of drug-likeness (QED) is 0.0493. The number of alkyl halides is 3. The van der Waals surface area contributed by atoms with E-state index >= 15 is 0 Å². The van der Waals surface area contributed by atoms with E-state index in [2.05, 4.69) is 45.6 Å². The van der Waals surface area contributed by atoms with Gasteiger partial charge in [-0.25, -0.2) is 9.97 Å². The first-order chi connectivity index (χ1) is 35.6. The molecule has 5 N–H and O–H groups in total. The van der Waals surface area contributed by atoms with Gasteiger partial charge in [0, 0.05) is 74.8 Å². The molecule has 390 valence electrons. The van der Waals surface area contributed by atoms with Crippen molar-refractivity contribution in [3.8, 4) is 34.0 Å². The highest BCUT2D eigenvalue weighted by Crippen LogP contribution is 2.31. The average Bonchev–Trinajstić information content (AvgIpc) is 4.20. The van der Waals surface area contributed by atoms with Gasteiger partial charge in [0.2, 0.25) is 11.8 Å². The predicted molar refractivity (Wildman–Crippen MR) is 271 cm³/mol. The molecule has 75 heavy (non-hydrogen) atoms. The number of phenolic OH excluding ortho intramolecular Hbond substituents is 1. The minimum absolute atomic E-state index is 0.00475. The van der Waals surface area contributed by atoms with Gasteiger partial charge in [-0.2, -0.15) is 31.8 Å². The zero-order valence-electron chi connectivity index (χ0n) is 40.0. The fourth-order valence-electron chi connectivity index (χ4n) is 7.35. The second kappa shape index (κ2) is 23.2. The third-order valence-electron chi connectivity index (χ3n) is 11.3. The van der Waals surface area contributed by atoms with E-state index < -0.39 is 57.1 Å². The lowest BCUT2D eigenvalue weighted by Crippen LogP contribution is -2.45. The van der Waals surface area contributed by atoms with Crippen LogP contribution in [0.4, 0.5) is 24.5 Å². The first-order valence-corrected chi connectivity index (χ1v) is 24.3. The van der Waals surface area contributed by atoms with Crippen LogP contribution in [0.2, 0.25) is 10.0 Å². The second-order valence-electron chi connectivity index (χ2n) is 16.6. The van der Waals surface area contributed by atoms with Gasteiger partial charge in [-0.3, -0.25) is 28.5 Å². The smallest absolute Gasteiger partial charge is 0.508 e. The molecule has 8 rings (SSSR count). The number of hydrogen-bond donors (Lipinski definition) is 5. The van der Waals surface area contributed by atoms with Gasteiger partial charge in [0.25, 0.3) is 11.8 Å². The number of halogens is 5. The molecule has 0 radical (unpaired) electrons. The van der Waals surface area contributed by atoms with Crippen molar-refractivity contribution < 1.29 is 50.1 Å². The minimum atomic E-state index is -5.95. The van der Waals surface area contributed by atoms with Crippen LogP contribution in [0.25, 0.3) is 22.5 Å². The van der Waals surface area contributed by atoms with Gasteiger partial charge in [-0.1, -0.05) is 47.5 Å². The Hall–Kier alpha value is -8.48. The van der Waals surface area contributed by atoms with Crippen molar-refractivity contribution in [2.45, 2.75) is 30.4 Å². The van der Waals surface area contributed by atoms with Crippen LogP contribution in [-0.2, 0) is 60.7 Å². The van der Waals surface area contributed by atoms with Gasteiger partial charge in [0.1, 0.15) is 35.0 Å². The molecule has 0 aliphatic heterocycles. The number of benzene rings is 4. The van der Waals surface area contributed by atoms with Gasteiger partial charge in [-0.05, 0) is 95.1 Å². The zero-order chi connectivity index (χ0) is 54.2. The van der Waals surface area contributed by atoms with Crippen molar-refractivity contribution >= 4 is 68.3 Å². The summed E-state index contributed by atoms with van der Waals surface area (Å²) in [6, 6.07) is 22.3. The molecule has 4 aromatic carbocycles. The zero-order valence-corrected chi connectivity index (χ0v) is 42.3. The molecule has 4 aromatic heterocycles. The molecule has 0 saturated heterocycles. The van der Waals surface area contributed by atoms with E-state index in [0.29, 0.717) is 27.7 Å². The molecule has 8 aromatic rings. The lowest BCUT2D eigenvalue weighted by atomic mass is 10.0. The Kier molecular flexibility index (Phi) is 16.8. The molecule has 0 aliphatic carbocycles. The fourth-order valence-corrected chi connectivity index (χ4v) is 8.19. The predicted octanol–water partition coefficient (Wildman–Crippen LogP) is 6.84. The number of imidazole rings is 2. The van der Waals surface area contributed by atoms with Crippen molar-refractivity contribution in [3.63, 3.8) is 0 Å². The number of nitrogens with one attached hydrogen (secondary N) is 4. The minimum Gasteiger partial charge on any atom is -0.508 e. The molecule has 0 spiro atoms. The van der Waals surface area contributed by atoms with Crippen molar-refractivity contribution in [1.29, 1.82) is 0 Å². The third kappa shape index (κ3) is 13.6. The van der Waals surface area contributed by atoms with Crippen LogP contribution in [0, 0.1) is 0 Å². The Labute approximate surface area is 436 Å². The Morgan fingerprint density at radius 1 is 0.640 bits per heavy atom. The van der Waals surface area contributed by atoms with Gasteiger partial charge >= 0.3 is 15.6 Å². The molecule has 0 fully saturated rings. The van der Waals surface area contributed by atoms with Crippen molar-refractivity contribution in [2.24, 2.45) is 28.2 Å². The number of amides is 4. The van der Waals surface area contributed by atoms with Gasteiger partial charge < -0.3 is 39.7 Å². The SMILES string of the molecule is Cn1cncc1-c1ccc(NC(=O)[C@H](Cc2cc(O)ccc2Cl)NC(=O)c2ccnn2C)cc1.Cn1cncc1-c1ccc(NC(=O)[C@H](Cc2cc(OS(=O)(=O)C(F)(F)F)ccc2Cl)NC(=O)c2ccnn2C)cc1. The van der Waals surface area contributed by atoms with E-state index in [1.165, 1.54) is 47.0 Å². The third-order valence-corrected chi connectivity index (χ3v) is 13.0. The molecule has 0 aliphatic rings. The van der Waals surface area contributed by atoms with Crippen LogP contribution < -0.4 is 25.5 Å². The number of carbonyl (C=O) groups is 4. The van der Waals surface area contributed by atoms with Gasteiger partial charge in [0.15, 0.2) is 0 Å². The number of rotatable bonds is 16. The normalized spacial score (nSPS) is 12.2. The highest BCUT2D eigenvalue weighted by molar-refractivity contribution is 7.88. The summed E-state index contributed by atoms with van der Waals surface area (Å²) in [5.74, 6) is -2.89. The van der Waals surface area contributed by atoms with Crippen LogP contribution in [0.15, 0.2) is 135 Å². The summed E-state index contributed by atoms with van der Waals surface area (Å²) in [5, 5.41) is 29.0. The summed E-state index contributed by atoms with van der Waals surface area (Å²) < 4.78 is 72.0. The standard InChI is InChI=1S/C25H22ClF3N6O5S.C24H23ClN6O3/c1-34-14-30-13-22(34)15-3-5-17(6-4-15)32-23(36)20(33-24(37)21-9-10-31-35(21)2)12-16-11-18(7-8-19(16)26)40-41(38,39)25(27,28)29;1-30-14-26-13-22(30)15-3-5-17(6-4-15)28-23(33)20(12-16-11-18(32)7-8-19(16)25)29-24(34)21-9-10-27-31(21)2/h3-11,13-14,20H,12H2,1-2H3,(H,32,36)(H,33,37);3-11,13-14,20,32H,12H2,1-2H3,(H,28,33)(H,29,34)/t2*20-/m00/s1. The summed E-state index contributed by atoms with van der Waals surface area (Å²) >= 11 is 12.5. The van der Waals surface area contributed by atoms with Crippen LogP contribution >= 0.6 is 23.2 Å². The number of hydrogen-bond acceptors (Lipinski definition) is 12. The summed E-state index contributed by atoms with van der Waals surface area (Å²) in [7, 11) is 0.943. The van der Waals surface area contributed by atoms with Crippen LogP contribution in [0.5, 0.6) is 11.5 Å². The Balaban J connectivity index is 0.000000222. The summed E-state index contributed by atoms with van der Waals surface area (Å²) in [4.78, 5) is 60.5. The van der Waals surface area contributed by atoms with Crippen LogP contribution in [-0.4, -0.2) is 93.4 Å². The maximum atomic E-state index is 13.3. The first-order valence-electron chi connectivity index (χ1n) is 22.2. The second-order valence-corrected chi connectivity index (χ2v) is 18.9. The molecule has 0 bridgehead atoms. The molecule has 0 unspecified atom stereocenters. The number of carbonyl (C=O) groups excluding carboxylic acids is 4. The number of anilines is 2. The van der Waals surface area contributed by atoms with E-state index in [-0.39, 0.29) is 34.9 Å². The topological polar surface area (TPSA) is 251 Å². The number of aromatic nitrogens is 8. The molecule has 0 saturated carbocycles. The maximum absolute atomic E-state index is 13.3. The van der Waals surface area contributed by atoms with E-state index in [9.17, 15) is 45.9 Å². The molecular weight excluding hydrogens is 1040 g/mol. The number of phenols is 1. The van der Waals surface area contributed by atoms with Crippen molar-refractivity contribution in [3.05, 3.63) is 167 Å². The summed E-state index contributed by atoms with van der Waals surface area (Å²) in [6.45, 7) is 0. The van der Waals surface area contributed by atoms with E-state index in [0.717, 1.165) is 40.7 Å². The van der Waals surface area contributed by atoms with Crippen LogP contribution in [0.1, 0.15) is 32.1 Å². The molecule has 4 amide bonds. The molecule has 2 atom stereocenters. The highest BCUT2D eigenvalue weighted by Gasteiger charge is 2.48. The highest BCUT2D eigenvalue weighted by atomic mass is 35.5. The molecule has 4 heterocycles. The summed E-state index contributed by atoms with van der Waals surface area (Å²) in [6.07, 6.45) is 9.43. The van der Waals surface area contributed by atoms with E-state index in [1.807, 2.05) is 35.4 Å². The maximum Gasteiger partial charge on any atom is 0.534 e. The summed E-state index contributed by atoms with van der Waals surface area (Å²) in [5.41, 5.74) is -0.130. The van der Waals surface area contributed by atoms with Crippen molar-refractivity contribution in [1.82, 2.24) is 49.3 Å². The lowest BCUT2D eigenvalue weighted by Gasteiger charge is -2.20. The number of nitrogens with zero attached hydrogens (tertiary/aromatic N) is 8. The van der Waals surface area contributed by atoms with Crippen LogP contribution in [0.3, 0.4) is 0 Å². The first kappa shape index (κ1) is 54.3. The monoisotopic (exact) mass is 1090 g/mol. The Bertz CT molecular complexity index is 3470. The Morgan fingerprint density at radius 3 is 1.45 bits per heavy atom. The number of aryl methyl sites for hydroxylation is 4. The van der Waals surface area contributed by atoms with E-state index in [4.69, 9.17) is 23.2 Å². The largest absolute Gasteiger partial charge is 0.534 e. The van der Waals surface area contributed by atoms with Crippen molar-refractivity contribution in [2.75, 3.05) is 10.6 Å². The van der Waals surface area contributed by atoms with Gasteiger partial charge in [0.05, 0.1) is 36.4 Å². The fraction of sp³-hybridized carbons (Fsp3) is 0.184. The molecule has 20 nitrogen and oxygen atoms in total. The molecular formula is C49H45Cl2F3N12O8S. The Morgan fingerprint density at radius 2 is 1.07 bits per heavy atom. The van der Waals surface area contributed by atoms with Gasteiger partial charge in [-0.15, -0.1) is 0 Å². The van der Waals surface area contributed by atoms with E-state index in [1.54, 1.807) is 80.6 Å². The lowest BCUT2D eigenvalue weighted by molar-refractivity contribution is -0.118. The number of aromatic hydroxyl groups is 1. The molecule has 26 heteroatoms.